The van der Waals surface area contributed by atoms with Crippen molar-refractivity contribution in [3.05, 3.63) is 0 Å². The molecule has 0 aliphatic rings. The molecule has 0 N–H and O–H groups in total. The summed E-state index contributed by atoms with van der Waals surface area (Å²) >= 11 is 2.63. The molecule has 0 bridgehead atoms. The van der Waals surface area contributed by atoms with Gasteiger partial charge in [-0.1, -0.05) is 41.5 Å². The van der Waals surface area contributed by atoms with E-state index >= 15 is 0 Å². The van der Waals surface area contributed by atoms with E-state index in [2.05, 4.69) is 41.5 Å². The lowest BCUT2D eigenvalue weighted by molar-refractivity contribution is 0.222. The Morgan fingerprint density at radius 1 is 0.714 bits per heavy atom. The molecule has 0 aliphatic heterocycles. The van der Waals surface area contributed by atoms with E-state index in [0.717, 1.165) is 13.2 Å². The van der Waals surface area contributed by atoms with Crippen LogP contribution >= 0.6 is 22.1 Å². The average molecular weight is 238 g/mol. The van der Waals surface area contributed by atoms with Crippen LogP contribution < -0.4 is 0 Å². The summed E-state index contributed by atoms with van der Waals surface area (Å²) in [5, 5.41) is 0. The zero-order chi connectivity index (χ0) is 11.2. The van der Waals surface area contributed by atoms with Crippen LogP contribution in [-0.4, -0.2) is 13.2 Å². The molecule has 0 saturated carbocycles. The van der Waals surface area contributed by atoms with Crippen LogP contribution in [0.3, 0.4) is 0 Å². The van der Waals surface area contributed by atoms with Gasteiger partial charge < -0.3 is 8.37 Å². The van der Waals surface area contributed by atoms with E-state index in [-0.39, 0.29) is 10.8 Å². The van der Waals surface area contributed by atoms with Crippen LogP contribution in [0.25, 0.3) is 0 Å². The normalized spacial score (nSPS) is 13.3. The number of hydrogen-bond donors (Lipinski definition) is 0. The van der Waals surface area contributed by atoms with Crippen molar-refractivity contribution >= 4 is 22.1 Å². The van der Waals surface area contributed by atoms with Crippen molar-refractivity contribution in [2.45, 2.75) is 41.5 Å². The summed E-state index contributed by atoms with van der Waals surface area (Å²) in [6.07, 6.45) is 0. The standard InChI is InChI=1S/C10H22O2S2/c1-9(2,3)7-11-13-14-12-8-10(4,5)6/h7-8H2,1-6H3. The lowest BCUT2D eigenvalue weighted by Crippen LogP contribution is -2.12. The van der Waals surface area contributed by atoms with Crippen molar-refractivity contribution in [1.29, 1.82) is 0 Å². The fourth-order valence-electron chi connectivity index (χ4n) is 0.441. The van der Waals surface area contributed by atoms with Crippen LogP contribution in [0.2, 0.25) is 0 Å². The summed E-state index contributed by atoms with van der Waals surface area (Å²) in [6.45, 7) is 14.4. The molecule has 0 aromatic rings. The Balaban J connectivity index is 3.23. The van der Waals surface area contributed by atoms with Gasteiger partial charge in [0, 0.05) is 0 Å². The highest BCUT2D eigenvalue weighted by atomic mass is 33.1. The fourth-order valence-corrected chi connectivity index (χ4v) is 1.85. The van der Waals surface area contributed by atoms with Crippen molar-refractivity contribution in [1.82, 2.24) is 0 Å². The predicted octanol–water partition coefficient (Wildman–Crippen LogP) is 4.32. The maximum absolute atomic E-state index is 5.37. The number of rotatable bonds is 5. The number of hydrogen-bond acceptors (Lipinski definition) is 4. The molecule has 0 fully saturated rings. The van der Waals surface area contributed by atoms with Crippen molar-refractivity contribution in [3.8, 4) is 0 Å². The van der Waals surface area contributed by atoms with Crippen LogP contribution in [0.1, 0.15) is 41.5 Å². The van der Waals surface area contributed by atoms with Gasteiger partial charge in [0.05, 0.1) is 35.4 Å². The van der Waals surface area contributed by atoms with E-state index in [1.54, 1.807) is 0 Å². The molecule has 0 rings (SSSR count). The molecule has 0 amide bonds. The smallest absolute Gasteiger partial charge is 0.0925 e. The minimum absolute atomic E-state index is 0.220. The summed E-state index contributed by atoms with van der Waals surface area (Å²) in [4.78, 5) is 0. The molecule has 0 atom stereocenters. The Labute approximate surface area is 96.3 Å². The zero-order valence-electron chi connectivity index (χ0n) is 10.0. The quantitative estimate of drug-likeness (QED) is 0.403. The SMILES string of the molecule is CC(C)(C)COSSOCC(C)(C)C. The van der Waals surface area contributed by atoms with Crippen molar-refractivity contribution in [2.24, 2.45) is 10.8 Å². The molecule has 0 aromatic heterocycles. The summed E-state index contributed by atoms with van der Waals surface area (Å²) < 4.78 is 10.7. The van der Waals surface area contributed by atoms with Gasteiger partial charge in [-0.2, -0.15) is 0 Å². The van der Waals surface area contributed by atoms with Gasteiger partial charge in [0.15, 0.2) is 0 Å². The Morgan fingerprint density at radius 3 is 1.21 bits per heavy atom. The molecule has 0 radical (unpaired) electrons. The molecular formula is C10H22O2S2. The molecule has 14 heavy (non-hydrogen) atoms. The topological polar surface area (TPSA) is 18.5 Å². The Kier molecular flexibility index (Phi) is 6.53. The lowest BCUT2D eigenvalue weighted by atomic mass is 9.99. The third kappa shape index (κ3) is 12.6. The summed E-state index contributed by atoms with van der Waals surface area (Å²) in [6, 6.07) is 0. The summed E-state index contributed by atoms with van der Waals surface area (Å²) in [7, 11) is 0. The highest BCUT2D eigenvalue weighted by Crippen LogP contribution is 2.28. The Morgan fingerprint density at radius 2 is 1.00 bits per heavy atom. The molecule has 0 aliphatic carbocycles. The molecule has 0 aromatic carbocycles. The summed E-state index contributed by atoms with van der Waals surface area (Å²) in [5.74, 6) is 0. The van der Waals surface area contributed by atoms with E-state index in [4.69, 9.17) is 8.37 Å². The minimum Gasteiger partial charge on any atom is -0.303 e. The largest absolute Gasteiger partial charge is 0.303 e. The van der Waals surface area contributed by atoms with E-state index in [1.165, 1.54) is 22.1 Å². The second-order valence-corrected chi connectivity index (χ2v) is 7.34. The second kappa shape index (κ2) is 6.26. The molecule has 0 heterocycles. The zero-order valence-corrected chi connectivity index (χ0v) is 11.7. The highest BCUT2D eigenvalue weighted by molar-refractivity contribution is 8.73. The van der Waals surface area contributed by atoms with Crippen LogP contribution in [0.15, 0.2) is 0 Å². The van der Waals surface area contributed by atoms with E-state index in [1.807, 2.05) is 0 Å². The first-order valence-electron chi connectivity index (χ1n) is 4.78. The molecule has 0 unspecified atom stereocenters. The maximum Gasteiger partial charge on any atom is 0.0925 e. The third-order valence-electron chi connectivity index (χ3n) is 1.11. The summed E-state index contributed by atoms with van der Waals surface area (Å²) in [5.41, 5.74) is 0.440. The van der Waals surface area contributed by atoms with Crippen LogP contribution in [0.5, 0.6) is 0 Å². The molecule has 0 spiro atoms. The van der Waals surface area contributed by atoms with Gasteiger partial charge >= 0.3 is 0 Å². The van der Waals surface area contributed by atoms with Crippen LogP contribution in [0, 0.1) is 10.8 Å². The average Bonchev–Trinajstić information content (AvgIpc) is 1.92. The van der Waals surface area contributed by atoms with Crippen LogP contribution in [-0.2, 0) is 8.37 Å². The molecular weight excluding hydrogens is 216 g/mol. The van der Waals surface area contributed by atoms with Gasteiger partial charge in [0.25, 0.3) is 0 Å². The van der Waals surface area contributed by atoms with E-state index in [9.17, 15) is 0 Å². The van der Waals surface area contributed by atoms with Crippen LogP contribution in [0.4, 0.5) is 0 Å². The Hall–Kier alpha value is 0.620. The first-order valence-corrected chi connectivity index (χ1v) is 6.78. The van der Waals surface area contributed by atoms with Gasteiger partial charge in [-0.25, -0.2) is 0 Å². The Bertz CT molecular complexity index is 129. The van der Waals surface area contributed by atoms with E-state index < -0.39 is 0 Å². The van der Waals surface area contributed by atoms with Crippen molar-refractivity contribution in [2.75, 3.05) is 13.2 Å². The maximum atomic E-state index is 5.37. The fraction of sp³-hybridized carbons (Fsp3) is 1.00. The lowest BCUT2D eigenvalue weighted by Gasteiger charge is -2.18. The molecule has 0 saturated heterocycles. The molecule has 4 heteroatoms. The second-order valence-electron chi connectivity index (χ2n) is 5.78. The van der Waals surface area contributed by atoms with Crippen molar-refractivity contribution in [3.63, 3.8) is 0 Å². The van der Waals surface area contributed by atoms with Gasteiger partial charge in [-0.05, 0) is 10.8 Å². The van der Waals surface area contributed by atoms with Gasteiger partial charge in [0.1, 0.15) is 0 Å². The van der Waals surface area contributed by atoms with Gasteiger partial charge in [-0.3, -0.25) is 0 Å². The van der Waals surface area contributed by atoms with Gasteiger partial charge in [0.2, 0.25) is 0 Å². The van der Waals surface area contributed by atoms with Crippen molar-refractivity contribution < 1.29 is 8.37 Å². The predicted molar refractivity (Wildman–Crippen MR) is 66.0 cm³/mol. The first-order chi connectivity index (χ1) is 6.21. The minimum atomic E-state index is 0.220. The monoisotopic (exact) mass is 238 g/mol. The van der Waals surface area contributed by atoms with Gasteiger partial charge in [-0.15, -0.1) is 0 Å². The third-order valence-corrected chi connectivity index (χ3v) is 2.34. The first kappa shape index (κ1) is 14.6. The van der Waals surface area contributed by atoms with E-state index in [0.29, 0.717) is 0 Å². The highest BCUT2D eigenvalue weighted by Gasteiger charge is 2.12. The molecule has 2 nitrogen and oxygen atoms in total. The molecule has 86 valence electrons.